The molecule has 2 heterocycles. The fourth-order valence-electron chi connectivity index (χ4n) is 3.91. The molecule has 1 aliphatic heterocycles. The summed E-state index contributed by atoms with van der Waals surface area (Å²) in [6, 6.07) is 3.78. The number of hydrogen-bond acceptors (Lipinski definition) is 6. The van der Waals surface area contributed by atoms with Gasteiger partial charge in [0, 0.05) is 45.5 Å². The molecule has 1 N–H and O–H groups in total. The van der Waals surface area contributed by atoms with E-state index in [0.29, 0.717) is 32.8 Å². The Labute approximate surface area is 178 Å². The smallest absolute Gasteiger partial charge is 0.241 e. The molecule has 0 atom stereocenters. The number of piperazine rings is 1. The Morgan fingerprint density at radius 1 is 1.17 bits per heavy atom. The molecular weight excluding hydrogens is 384 g/mol. The summed E-state index contributed by atoms with van der Waals surface area (Å²) in [6.07, 6.45) is 8.13. The van der Waals surface area contributed by atoms with Crippen molar-refractivity contribution in [2.45, 2.75) is 32.2 Å². The van der Waals surface area contributed by atoms with Crippen LogP contribution in [0.2, 0.25) is 0 Å². The molecule has 0 spiro atoms. The number of nitrogens with zero attached hydrogens (tertiary/aromatic N) is 3. The van der Waals surface area contributed by atoms with Gasteiger partial charge in [-0.1, -0.05) is 6.08 Å². The molecule has 0 bridgehead atoms. The maximum atomic E-state index is 13.2. The van der Waals surface area contributed by atoms with Crippen molar-refractivity contribution in [2.24, 2.45) is 0 Å². The second kappa shape index (κ2) is 11.9. The van der Waals surface area contributed by atoms with Gasteiger partial charge in [-0.05, 0) is 37.8 Å². The highest BCUT2D eigenvalue weighted by molar-refractivity contribution is 5.80. The molecule has 8 nitrogen and oxygen atoms in total. The van der Waals surface area contributed by atoms with Crippen LogP contribution < -0.4 is 5.32 Å². The van der Waals surface area contributed by atoms with E-state index in [1.54, 1.807) is 13.4 Å². The number of ether oxygens (including phenoxy) is 1. The molecular formula is C22H34N4O4. The number of amides is 2. The zero-order chi connectivity index (χ0) is 21.2. The molecule has 3 rings (SSSR count). The van der Waals surface area contributed by atoms with Gasteiger partial charge in [0.25, 0.3) is 0 Å². The Kier molecular flexibility index (Phi) is 8.92. The van der Waals surface area contributed by atoms with E-state index in [9.17, 15) is 9.59 Å². The summed E-state index contributed by atoms with van der Waals surface area (Å²) in [4.78, 5) is 31.3. The summed E-state index contributed by atoms with van der Waals surface area (Å²) >= 11 is 0. The number of furan rings is 1. The summed E-state index contributed by atoms with van der Waals surface area (Å²) in [7, 11) is 1.62. The first-order valence-electron chi connectivity index (χ1n) is 10.9. The van der Waals surface area contributed by atoms with Crippen LogP contribution in [-0.4, -0.2) is 86.0 Å². The van der Waals surface area contributed by atoms with Crippen LogP contribution >= 0.6 is 0 Å². The number of hydrogen-bond donors (Lipinski definition) is 1. The van der Waals surface area contributed by atoms with Crippen LogP contribution in [-0.2, 0) is 20.9 Å². The van der Waals surface area contributed by atoms with Gasteiger partial charge in [0.2, 0.25) is 11.8 Å². The first-order valence-corrected chi connectivity index (χ1v) is 10.9. The average molecular weight is 419 g/mol. The number of nitrogens with one attached hydrogen (secondary N) is 1. The summed E-state index contributed by atoms with van der Waals surface area (Å²) in [6.45, 7) is 5.46. The maximum Gasteiger partial charge on any atom is 0.241 e. The topological polar surface area (TPSA) is 78.3 Å². The minimum absolute atomic E-state index is 0.0189. The minimum atomic E-state index is 0.0189. The van der Waals surface area contributed by atoms with Gasteiger partial charge >= 0.3 is 0 Å². The standard InChI is InChI=1S/C22H34N4O4/c1-29-15-9-23-21(27)17-24-10-12-25(13-11-24)18-22(28)26(16-20-8-5-14-30-20)19-6-3-2-4-7-19/h5-6,8,14H,2-4,7,9-13,15-18H2,1H3,(H,23,27). The minimum Gasteiger partial charge on any atom is -0.467 e. The molecule has 0 unspecified atom stereocenters. The van der Waals surface area contributed by atoms with Crippen LogP contribution in [0.15, 0.2) is 34.6 Å². The van der Waals surface area contributed by atoms with Gasteiger partial charge in [-0.3, -0.25) is 19.4 Å². The van der Waals surface area contributed by atoms with Crippen LogP contribution in [0.5, 0.6) is 0 Å². The zero-order valence-electron chi connectivity index (χ0n) is 18.0. The maximum absolute atomic E-state index is 13.2. The molecule has 2 amide bonds. The summed E-state index contributed by atoms with van der Waals surface area (Å²) in [5.74, 6) is 0.940. The SMILES string of the molecule is COCCNC(=O)CN1CCN(CC(=O)N(Cc2ccco2)C2=CCCCC2)CC1. The van der Waals surface area contributed by atoms with Gasteiger partial charge in [0.05, 0.1) is 32.5 Å². The lowest BCUT2D eigenvalue weighted by atomic mass is 10.0. The predicted octanol–water partition coefficient (Wildman–Crippen LogP) is 1.45. The van der Waals surface area contributed by atoms with Crippen molar-refractivity contribution in [2.75, 3.05) is 59.5 Å². The molecule has 1 aromatic heterocycles. The molecule has 1 aromatic rings. The highest BCUT2D eigenvalue weighted by Gasteiger charge is 2.25. The first kappa shape index (κ1) is 22.5. The van der Waals surface area contributed by atoms with Crippen LogP contribution in [0.1, 0.15) is 31.4 Å². The Morgan fingerprint density at radius 2 is 1.93 bits per heavy atom. The second-order valence-corrected chi connectivity index (χ2v) is 7.90. The molecule has 0 radical (unpaired) electrons. The molecule has 166 valence electrons. The van der Waals surface area contributed by atoms with Gasteiger partial charge in [0.15, 0.2) is 0 Å². The Balaban J connectivity index is 1.48. The number of carbonyl (C=O) groups is 2. The van der Waals surface area contributed by atoms with Gasteiger partial charge in [-0.2, -0.15) is 0 Å². The van der Waals surface area contributed by atoms with Crippen molar-refractivity contribution >= 4 is 11.8 Å². The predicted molar refractivity (Wildman–Crippen MR) is 114 cm³/mol. The largest absolute Gasteiger partial charge is 0.467 e. The lowest BCUT2D eigenvalue weighted by Crippen LogP contribution is -2.52. The highest BCUT2D eigenvalue weighted by Crippen LogP contribution is 2.23. The van der Waals surface area contributed by atoms with Crippen LogP contribution in [0, 0.1) is 0 Å². The van der Waals surface area contributed by atoms with Crippen molar-refractivity contribution in [1.29, 1.82) is 0 Å². The van der Waals surface area contributed by atoms with Crippen molar-refractivity contribution < 1.29 is 18.7 Å². The molecule has 0 aromatic carbocycles. The third kappa shape index (κ3) is 6.97. The summed E-state index contributed by atoms with van der Waals surface area (Å²) in [5, 5.41) is 2.85. The third-order valence-electron chi connectivity index (χ3n) is 5.63. The monoisotopic (exact) mass is 418 g/mol. The van der Waals surface area contributed by atoms with Crippen LogP contribution in [0.4, 0.5) is 0 Å². The van der Waals surface area contributed by atoms with Gasteiger partial charge in [-0.15, -0.1) is 0 Å². The molecule has 1 saturated heterocycles. The molecule has 2 aliphatic rings. The van der Waals surface area contributed by atoms with Crippen molar-refractivity contribution in [3.05, 3.63) is 35.9 Å². The van der Waals surface area contributed by atoms with E-state index in [2.05, 4.69) is 21.2 Å². The molecule has 8 heteroatoms. The van der Waals surface area contributed by atoms with Gasteiger partial charge in [0.1, 0.15) is 5.76 Å². The molecule has 30 heavy (non-hydrogen) atoms. The second-order valence-electron chi connectivity index (χ2n) is 7.90. The number of rotatable bonds is 10. The Hall–Kier alpha value is -2.16. The van der Waals surface area contributed by atoms with Gasteiger partial charge < -0.3 is 19.4 Å². The van der Waals surface area contributed by atoms with E-state index in [0.717, 1.165) is 56.9 Å². The third-order valence-corrected chi connectivity index (χ3v) is 5.63. The molecule has 0 saturated carbocycles. The summed E-state index contributed by atoms with van der Waals surface area (Å²) < 4.78 is 10.4. The average Bonchev–Trinajstić information content (AvgIpc) is 3.27. The highest BCUT2D eigenvalue weighted by atomic mass is 16.5. The van der Waals surface area contributed by atoms with Gasteiger partial charge in [-0.25, -0.2) is 0 Å². The van der Waals surface area contributed by atoms with Crippen LogP contribution in [0.25, 0.3) is 0 Å². The van der Waals surface area contributed by atoms with E-state index < -0.39 is 0 Å². The van der Waals surface area contributed by atoms with Crippen LogP contribution in [0.3, 0.4) is 0 Å². The quantitative estimate of drug-likeness (QED) is 0.580. The zero-order valence-corrected chi connectivity index (χ0v) is 18.0. The lowest BCUT2D eigenvalue weighted by Gasteiger charge is -2.35. The van der Waals surface area contributed by atoms with E-state index in [1.165, 1.54) is 6.42 Å². The van der Waals surface area contributed by atoms with E-state index in [-0.39, 0.29) is 11.8 Å². The van der Waals surface area contributed by atoms with Crippen molar-refractivity contribution in [1.82, 2.24) is 20.0 Å². The fourth-order valence-corrected chi connectivity index (χ4v) is 3.91. The fraction of sp³-hybridized carbons (Fsp3) is 0.636. The normalized spacial score (nSPS) is 18.1. The lowest BCUT2D eigenvalue weighted by molar-refractivity contribution is -0.132. The number of methoxy groups -OCH3 is 1. The summed E-state index contributed by atoms with van der Waals surface area (Å²) in [5.41, 5.74) is 1.12. The number of carbonyl (C=O) groups excluding carboxylic acids is 2. The Morgan fingerprint density at radius 3 is 2.57 bits per heavy atom. The number of allylic oxidation sites excluding steroid dienone is 2. The van der Waals surface area contributed by atoms with Crippen molar-refractivity contribution in [3.8, 4) is 0 Å². The van der Waals surface area contributed by atoms with E-state index in [4.69, 9.17) is 9.15 Å². The Bertz CT molecular complexity index is 696. The van der Waals surface area contributed by atoms with E-state index in [1.807, 2.05) is 17.0 Å². The first-order chi connectivity index (χ1) is 14.7. The molecule has 1 fully saturated rings. The van der Waals surface area contributed by atoms with E-state index >= 15 is 0 Å². The van der Waals surface area contributed by atoms with Crippen molar-refractivity contribution in [3.63, 3.8) is 0 Å². The molecule has 1 aliphatic carbocycles.